The second-order valence-electron chi connectivity index (χ2n) is 3.45. The van der Waals surface area contributed by atoms with Crippen LogP contribution in [0.1, 0.15) is 29.2 Å². The molecule has 0 unspecified atom stereocenters. The molecule has 66 valence electrons. The Hall–Kier alpha value is -0.440. The first-order chi connectivity index (χ1) is 5.57. The summed E-state index contributed by atoms with van der Waals surface area (Å²) in [4.78, 5) is 1.21. The van der Waals surface area contributed by atoms with Gasteiger partial charge < -0.3 is 0 Å². The summed E-state index contributed by atoms with van der Waals surface area (Å²) in [7, 11) is 0. The van der Waals surface area contributed by atoms with E-state index in [-0.39, 0.29) is 18.8 Å². The Morgan fingerprint density at radius 3 is 2.58 bits per heavy atom. The van der Waals surface area contributed by atoms with E-state index in [1.807, 2.05) is 18.4 Å². The quantitative estimate of drug-likeness (QED) is 0.632. The molecule has 0 N–H and O–H groups in total. The molecule has 1 saturated carbocycles. The highest BCUT2D eigenvalue weighted by Gasteiger charge is 2.45. The van der Waals surface area contributed by atoms with Crippen LogP contribution in [0.4, 0.5) is 8.78 Å². The summed E-state index contributed by atoms with van der Waals surface area (Å²) in [6.45, 7) is 2.00. The lowest BCUT2D eigenvalue weighted by atomic mass is 9.78. The van der Waals surface area contributed by atoms with Crippen LogP contribution in [0.25, 0.3) is 0 Å². The van der Waals surface area contributed by atoms with E-state index in [0.29, 0.717) is 0 Å². The normalized spacial score (nSPS) is 22.2. The van der Waals surface area contributed by atoms with Gasteiger partial charge in [0.2, 0.25) is 5.92 Å². The minimum absolute atomic E-state index is 0.0448. The van der Waals surface area contributed by atoms with Gasteiger partial charge in [-0.05, 0) is 29.9 Å². The van der Waals surface area contributed by atoms with E-state index in [0.717, 1.165) is 5.56 Å². The molecule has 1 aliphatic carbocycles. The van der Waals surface area contributed by atoms with Gasteiger partial charge in [0.1, 0.15) is 0 Å². The van der Waals surface area contributed by atoms with Gasteiger partial charge in [0, 0.05) is 17.7 Å². The van der Waals surface area contributed by atoms with Crippen molar-refractivity contribution >= 4 is 11.3 Å². The van der Waals surface area contributed by atoms with Gasteiger partial charge >= 0.3 is 0 Å². The van der Waals surface area contributed by atoms with E-state index in [1.54, 1.807) is 11.3 Å². The van der Waals surface area contributed by atoms with E-state index in [9.17, 15) is 8.78 Å². The average molecular weight is 188 g/mol. The molecule has 0 amide bonds. The van der Waals surface area contributed by atoms with Crippen molar-refractivity contribution in [2.75, 3.05) is 0 Å². The zero-order valence-corrected chi connectivity index (χ0v) is 7.63. The van der Waals surface area contributed by atoms with Crippen LogP contribution >= 0.6 is 11.3 Å². The number of hydrogen-bond donors (Lipinski definition) is 0. The lowest BCUT2D eigenvalue weighted by Gasteiger charge is -2.34. The number of hydrogen-bond acceptors (Lipinski definition) is 1. The molecule has 0 bridgehead atoms. The summed E-state index contributed by atoms with van der Waals surface area (Å²) in [6, 6.07) is 2.02. The summed E-state index contributed by atoms with van der Waals surface area (Å²) < 4.78 is 25.0. The molecule has 1 aromatic rings. The van der Waals surface area contributed by atoms with Crippen LogP contribution < -0.4 is 0 Å². The van der Waals surface area contributed by atoms with Gasteiger partial charge in [-0.15, -0.1) is 11.3 Å². The first kappa shape index (κ1) is 8.17. The molecule has 0 aliphatic heterocycles. The smallest absolute Gasteiger partial charge is 0.207 e. The Morgan fingerprint density at radius 1 is 1.50 bits per heavy atom. The van der Waals surface area contributed by atoms with Crippen molar-refractivity contribution in [3.63, 3.8) is 0 Å². The lowest BCUT2D eigenvalue weighted by molar-refractivity contribution is -0.0866. The van der Waals surface area contributed by atoms with Gasteiger partial charge in [-0.1, -0.05) is 0 Å². The average Bonchev–Trinajstić information content (AvgIpc) is 2.30. The lowest BCUT2D eigenvalue weighted by Crippen LogP contribution is -2.33. The van der Waals surface area contributed by atoms with Crippen molar-refractivity contribution in [2.24, 2.45) is 0 Å². The molecule has 0 nitrogen and oxygen atoms in total. The fourth-order valence-corrected chi connectivity index (χ4v) is 2.36. The Labute approximate surface area is 74.2 Å². The minimum Gasteiger partial charge on any atom is -0.207 e. The Morgan fingerprint density at radius 2 is 2.17 bits per heavy atom. The molecule has 1 aliphatic rings. The number of rotatable bonds is 1. The van der Waals surface area contributed by atoms with Crippen molar-refractivity contribution in [1.29, 1.82) is 0 Å². The molecule has 12 heavy (non-hydrogen) atoms. The molecular formula is C9H10F2S. The third-order valence-corrected chi connectivity index (χ3v) is 3.19. The molecule has 1 heterocycles. The predicted octanol–water partition coefficient (Wildman–Crippen LogP) is 3.57. The van der Waals surface area contributed by atoms with Crippen LogP contribution in [0.2, 0.25) is 0 Å². The first-order valence-electron chi connectivity index (χ1n) is 4.00. The van der Waals surface area contributed by atoms with Crippen molar-refractivity contribution < 1.29 is 8.78 Å². The fraction of sp³-hybridized carbons (Fsp3) is 0.556. The van der Waals surface area contributed by atoms with Crippen LogP contribution in [0.3, 0.4) is 0 Å². The Balaban J connectivity index is 2.06. The van der Waals surface area contributed by atoms with Gasteiger partial charge in [0.15, 0.2) is 0 Å². The van der Waals surface area contributed by atoms with Crippen molar-refractivity contribution in [1.82, 2.24) is 0 Å². The summed E-state index contributed by atoms with van der Waals surface area (Å²) in [6.07, 6.45) is 0.0896. The van der Waals surface area contributed by atoms with Crippen LogP contribution in [0.5, 0.6) is 0 Å². The summed E-state index contributed by atoms with van der Waals surface area (Å²) >= 11 is 1.64. The van der Waals surface area contributed by atoms with Gasteiger partial charge in [0.25, 0.3) is 0 Å². The molecule has 0 radical (unpaired) electrons. The number of aryl methyl sites for hydroxylation is 1. The highest BCUT2D eigenvalue weighted by molar-refractivity contribution is 7.10. The molecule has 0 spiro atoms. The van der Waals surface area contributed by atoms with Crippen LogP contribution in [0, 0.1) is 6.92 Å². The van der Waals surface area contributed by atoms with Crippen molar-refractivity contribution in [2.45, 2.75) is 31.6 Å². The van der Waals surface area contributed by atoms with E-state index in [2.05, 4.69) is 0 Å². The standard InChI is InChI=1S/C9H10F2S/c1-6-2-7(5-12-6)8-3-9(10,11)4-8/h2,5,8H,3-4H2,1H3. The van der Waals surface area contributed by atoms with Crippen molar-refractivity contribution in [3.8, 4) is 0 Å². The summed E-state index contributed by atoms with van der Waals surface area (Å²) in [5.74, 6) is -2.27. The third kappa shape index (κ3) is 1.38. The maximum absolute atomic E-state index is 12.5. The summed E-state index contributed by atoms with van der Waals surface area (Å²) in [5, 5.41) is 2.00. The Bertz CT molecular complexity index is 282. The summed E-state index contributed by atoms with van der Waals surface area (Å²) in [5.41, 5.74) is 1.10. The Kier molecular flexibility index (Phi) is 1.72. The fourth-order valence-electron chi connectivity index (χ4n) is 1.57. The monoisotopic (exact) mass is 188 g/mol. The van der Waals surface area contributed by atoms with Gasteiger partial charge in [0.05, 0.1) is 0 Å². The largest absolute Gasteiger partial charge is 0.249 e. The molecule has 1 aromatic heterocycles. The molecule has 1 fully saturated rings. The molecular weight excluding hydrogens is 178 g/mol. The molecule has 0 atom stereocenters. The SMILES string of the molecule is Cc1cc(C2CC(F)(F)C2)cs1. The van der Waals surface area contributed by atoms with E-state index in [1.165, 1.54) is 4.88 Å². The highest BCUT2D eigenvalue weighted by Crippen LogP contribution is 2.48. The molecule has 3 heteroatoms. The molecule has 0 aromatic carbocycles. The van der Waals surface area contributed by atoms with E-state index < -0.39 is 5.92 Å². The predicted molar refractivity (Wildman–Crippen MR) is 46.0 cm³/mol. The highest BCUT2D eigenvalue weighted by atomic mass is 32.1. The van der Waals surface area contributed by atoms with Crippen LogP contribution in [-0.2, 0) is 0 Å². The number of alkyl halides is 2. The van der Waals surface area contributed by atoms with Gasteiger partial charge in [-0.2, -0.15) is 0 Å². The topological polar surface area (TPSA) is 0 Å². The second kappa shape index (κ2) is 2.52. The van der Waals surface area contributed by atoms with E-state index in [4.69, 9.17) is 0 Å². The van der Waals surface area contributed by atoms with Gasteiger partial charge in [-0.25, -0.2) is 8.78 Å². The molecule has 0 saturated heterocycles. The molecule has 2 rings (SSSR count). The maximum Gasteiger partial charge on any atom is 0.249 e. The van der Waals surface area contributed by atoms with Gasteiger partial charge in [-0.3, -0.25) is 0 Å². The first-order valence-corrected chi connectivity index (χ1v) is 4.88. The zero-order valence-electron chi connectivity index (χ0n) is 6.81. The van der Waals surface area contributed by atoms with Crippen molar-refractivity contribution in [3.05, 3.63) is 21.9 Å². The maximum atomic E-state index is 12.5. The van der Waals surface area contributed by atoms with Crippen LogP contribution in [-0.4, -0.2) is 5.92 Å². The second-order valence-corrected chi connectivity index (χ2v) is 4.57. The van der Waals surface area contributed by atoms with Crippen LogP contribution in [0.15, 0.2) is 11.4 Å². The van der Waals surface area contributed by atoms with E-state index >= 15 is 0 Å². The third-order valence-electron chi connectivity index (χ3n) is 2.31. The zero-order chi connectivity index (χ0) is 8.77. The number of halogens is 2. The minimum atomic E-state index is -2.39. The number of thiophene rings is 1.